The first-order valence-corrected chi connectivity index (χ1v) is 6.85. The molecular weight excluding hydrogens is 243 g/mol. The van der Waals surface area contributed by atoms with E-state index >= 15 is 0 Å². The molecule has 1 fully saturated rings. The van der Waals surface area contributed by atoms with E-state index in [0.717, 1.165) is 39.0 Å². The van der Waals surface area contributed by atoms with Gasteiger partial charge in [-0.1, -0.05) is 11.6 Å². The third kappa shape index (κ3) is 2.50. The molecule has 1 saturated heterocycles. The summed E-state index contributed by atoms with van der Waals surface area (Å²) in [4.78, 5) is 5.88. The second-order valence-corrected chi connectivity index (χ2v) is 5.47. The van der Waals surface area contributed by atoms with E-state index < -0.39 is 0 Å². The summed E-state index contributed by atoms with van der Waals surface area (Å²) in [5.74, 6) is -0.241. The molecule has 1 spiro atoms. The molecule has 2 aliphatic rings. The molecule has 3 nitrogen and oxygen atoms in total. The lowest BCUT2D eigenvalue weighted by Gasteiger charge is -2.43. The molecule has 0 saturated carbocycles. The van der Waals surface area contributed by atoms with Gasteiger partial charge in [0.05, 0.1) is 24.1 Å². The van der Waals surface area contributed by atoms with Crippen molar-refractivity contribution in [1.82, 2.24) is 4.98 Å². The molecule has 2 aliphatic heterocycles. The van der Waals surface area contributed by atoms with Gasteiger partial charge in [-0.3, -0.25) is 4.98 Å². The van der Waals surface area contributed by atoms with Gasteiger partial charge in [0, 0.05) is 19.3 Å². The number of rotatable bonds is 1. The fourth-order valence-corrected chi connectivity index (χ4v) is 3.02. The molecule has 3 heterocycles. The van der Waals surface area contributed by atoms with Crippen molar-refractivity contribution in [1.29, 1.82) is 0 Å². The quantitative estimate of drug-likeness (QED) is 0.728. The van der Waals surface area contributed by atoms with E-state index in [9.17, 15) is 4.39 Å². The molecule has 0 atom stereocenters. The zero-order chi connectivity index (χ0) is 13.3. The zero-order valence-corrected chi connectivity index (χ0v) is 11.2. The largest absolute Gasteiger partial charge is 0.370 e. The molecule has 1 aromatic heterocycles. The van der Waals surface area contributed by atoms with Gasteiger partial charge < -0.3 is 9.64 Å². The van der Waals surface area contributed by atoms with Crippen molar-refractivity contribution < 1.29 is 9.13 Å². The van der Waals surface area contributed by atoms with Gasteiger partial charge in [-0.25, -0.2) is 4.39 Å². The molecular formula is C15H19FN2O. The maximum absolute atomic E-state index is 13.7. The Morgan fingerprint density at radius 1 is 1.37 bits per heavy atom. The van der Waals surface area contributed by atoms with Gasteiger partial charge in [-0.05, 0) is 32.3 Å². The number of pyridine rings is 1. The Morgan fingerprint density at radius 2 is 2.16 bits per heavy atom. The second-order valence-electron chi connectivity index (χ2n) is 5.47. The summed E-state index contributed by atoms with van der Waals surface area (Å²) in [6.45, 7) is 4.63. The van der Waals surface area contributed by atoms with Crippen LogP contribution < -0.4 is 4.90 Å². The minimum atomic E-state index is -0.241. The molecule has 4 heteroatoms. The summed E-state index contributed by atoms with van der Waals surface area (Å²) >= 11 is 0. The van der Waals surface area contributed by atoms with Crippen LogP contribution in [0.1, 0.15) is 26.2 Å². The van der Waals surface area contributed by atoms with Gasteiger partial charge in [-0.2, -0.15) is 0 Å². The number of anilines is 1. The summed E-state index contributed by atoms with van der Waals surface area (Å²) < 4.78 is 19.7. The van der Waals surface area contributed by atoms with Crippen LogP contribution in [0.5, 0.6) is 0 Å². The number of halogens is 1. The number of aromatic nitrogens is 1. The highest BCUT2D eigenvalue weighted by molar-refractivity contribution is 5.47. The molecule has 0 amide bonds. The molecule has 102 valence electrons. The van der Waals surface area contributed by atoms with Crippen molar-refractivity contribution in [2.45, 2.75) is 31.8 Å². The molecule has 0 N–H and O–H groups in total. The van der Waals surface area contributed by atoms with Crippen molar-refractivity contribution >= 4 is 5.69 Å². The molecule has 0 bridgehead atoms. The average Bonchev–Trinajstić information content (AvgIpc) is 2.40. The van der Waals surface area contributed by atoms with Gasteiger partial charge in [-0.15, -0.1) is 0 Å². The monoisotopic (exact) mass is 262 g/mol. The number of nitrogens with zero attached hydrogens (tertiary/aromatic N) is 2. The van der Waals surface area contributed by atoms with Crippen molar-refractivity contribution in [3.05, 3.63) is 35.9 Å². The van der Waals surface area contributed by atoms with Crippen molar-refractivity contribution in [3.8, 4) is 0 Å². The molecule has 0 unspecified atom stereocenters. The van der Waals surface area contributed by atoms with E-state index in [2.05, 4.69) is 22.9 Å². The van der Waals surface area contributed by atoms with Crippen LogP contribution in [0.15, 0.2) is 30.1 Å². The average molecular weight is 262 g/mol. The van der Waals surface area contributed by atoms with Crippen LogP contribution in [0, 0.1) is 5.82 Å². The molecule has 3 rings (SSSR count). The van der Waals surface area contributed by atoms with E-state index in [-0.39, 0.29) is 11.4 Å². The maximum atomic E-state index is 13.7. The SMILES string of the molecule is CC1=CC2(CCN(c3ccncc3F)CC2)OCC1. The Bertz CT molecular complexity index is 493. The van der Waals surface area contributed by atoms with Crippen LogP contribution in [-0.2, 0) is 4.74 Å². The molecule has 0 aromatic carbocycles. The maximum Gasteiger partial charge on any atom is 0.164 e. The third-order valence-corrected chi connectivity index (χ3v) is 4.10. The predicted octanol–water partition coefficient (Wildman–Crippen LogP) is 2.93. The molecule has 0 aliphatic carbocycles. The first-order valence-electron chi connectivity index (χ1n) is 6.85. The van der Waals surface area contributed by atoms with E-state index in [1.54, 1.807) is 12.3 Å². The summed E-state index contributed by atoms with van der Waals surface area (Å²) in [6, 6.07) is 1.75. The van der Waals surface area contributed by atoms with Gasteiger partial charge in [0.2, 0.25) is 0 Å². The van der Waals surface area contributed by atoms with Crippen LogP contribution in [0.2, 0.25) is 0 Å². The predicted molar refractivity (Wildman–Crippen MR) is 72.7 cm³/mol. The van der Waals surface area contributed by atoms with Crippen molar-refractivity contribution in [3.63, 3.8) is 0 Å². The Kier molecular flexibility index (Phi) is 3.27. The molecule has 19 heavy (non-hydrogen) atoms. The summed E-state index contributed by atoms with van der Waals surface area (Å²) in [5, 5.41) is 0. The normalized spacial score (nSPS) is 22.4. The number of hydrogen-bond donors (Lipinski definition) is 0. The van der Waals surface area contributed by atoms with E-state index in [1.165, 1.54) is 11.8 Å². The lowest BCUT2D eigenvalue weighted by Crippen LogP contribution is -2.46. The summed E-state index contributed by atoms with van der Waals surface area (Å²) in [7, 11) is 0. The first-order chi connectivity index (χ1) is 9.19. The fraction of sp³-hybridized carbons (Fsp3) is 0.533. The van der Waals surface area contributed by atoms with Crippen LogP contribution in [0.4, 0.5) is 10.1 Å². The van der Waals surface area contributed by atoms with Crippen molar-refractivity contribution in [2.75, 3.05) is 24.6 Å². The standard InChI is InChI=1S/C15H19FN2O/c1-12-3-9-19-15(10-12)4-7-18(8-5-15)14-2-6-17-11-13(14)16/h2,6,10-11H,3-5,7-9H2,1H3. The molecule has 0 radical (unpaired) electrons. The highest BCUT2D eigenvalue weighted by atomic mass is 19.1. The van der Waals surface area contributed by atoms with Crippen LogP contribution in [0.25, 0.3) is 0 Å². The van der Waals surface area contributed by atoms with Gasteiger partial charge in [0.15, 0.2) is 5.82 Å². The third-order valence-electron chi connectivity index (χ3n) is 4.10. The highest BCUT2D eigenvalue weighted by Crippen LogP contribution is 2.34. The van der Waals surface area contributed by atoms with E-state index in [4.69, 9.17) is 4.74 Å². The number of piperidine rings is 1. The van der Waals surface area contributed by atoms with Gasteiger partial charge >= 0.3 is 0 Å². The van der Waals surface area contributed by atoms with Crippen molar-refractivity contribution in [2.24, 2.45) is 0 Å². The smallest absolute Gasteiger partial charge is 0.164 e. The number of ether oxygens (including phenoxy) is 1. The minimum Gasteiger partial charge on any atom is -0.370 e. The van der Waals surface area contributed by atoms with Gasteiger partial charge in [0.25, 0.3) is 0 Å². The van der Waals surface area contributed by atoms with Crippen LogP contribution >= 0.6 is 0 Å². The van der Waals surface area contributed by atoms with Crippen LogP contribution in [-0.4, -0.2) is 30.3 Å². The summed E-state index contributed by atoms with van der Waals surface area (Å²) in [5.41, 5.74) is 1.96. The molecule has 1 aromatic rings. The van der Waals surface area contributed by atoms with E-state index in [1.807, 2.05) is 0 Å². The first kappa shape index (κ1) is 12.6. The van der Waals surface area contributed by atoms with Gasteiger partial charge in [0.1, 0.15) is 0 Å². The number of hydrogen-bond acceptors (Lipinski definition) is 3. The topological polar surface area (TPSA) is 25.4 Å². The second kappa shape index (κ2) is 4.93. The zero-order valence-electron chi connectivity index (χ0n) is 11.2. The lowest BCUT2D eigenvalue weighted by molar-refractivity contribution is -0.0326. The van der Waals surface area contributed by atoms with Crippen LogP contribution in [0.3, 0.4) is 0 Å². The van der Waals surface area contributed by atoms with E-state index in [0.29, 0.717) is 5.69 Å². The highest BCUT2D eigenvalue weighted by Gasteiger charge is 2.35. The summed E-state index contributed by atoms with van der Waals surface area (Å²) in [6.07, 6.45) is 8.07. The minimum absolute atomic E-state index is 0.109. The Morgan fingerprint density at radius 3 is 2.84 bits per heavy atom. The Balaban J connectivity index is 1.73. The fourth-order valence-electron chi connectivity index (χ4n) is 3.02. The lowest BCUT2D eigenvalue weighted by atomic mass is 9.87. The Labute approximate surface area is 113 Å². The Hall–Kier alpha value is -1.42.